The minimum absolute atomic E-state index is 0.0145. The number of hydrogen-bond donors (Lipinski definition) is 1. The Bertz CT molecular complexity index is 879. The molecule has 2 aromatic rings. The number of anilines is 1. The van der Waals surface area contributed by atoms with E-state index in [1.165, 1.54) is 13.2 Å². The van der Waals surface area contributed by atoms with Gasteiger partial charge in [0.15, 0.2) is 11.5 Å². The number of likely N-dealkylation sites (tertiary alicyclic amines) is 1. The lowest BCUT2D eigenvalue weighted by Gasteiger charge is -2.16. The van der Waals surface area contributed by atoms with Gasteiger partial charge in [-0.3, -0.25) is 9.59 Å². The van der Waals surface area contributed by atoms with Crippen LogP contribution in [0, 0.1) is 0 Å². The molecule has 0 atom stereocenters. The third kappa shape index (κ3) is 4.39. The Balaban J connectivity index is 1.78. The fourth-order valence-electron chi connectivity index (χ4n) is 3.17. The van der Waals surface area contributed by atoms with Crippen molar-refractivity contribution in [2.24, 2.45) is 0 Å². The van der Waals surface area contributed by atoms with E-state index in [0.717, 1.165) is 25.9 Å². The van der Waals surface area contributed by atoms with E-state index in [0.29, 0.717) is 39.9 Å². The lowest BCUT2D eigenvalue weighted by molar-refractivity contribution is 0.0792. The number of nitrogens with one attached hydrogen (secondary N) is 1. The molecule has 0 unspecified atom stereocenters. The van der Waals surface area contributed by atoms with Crippen LogP contribution in [0.1, 0.15) is 40.5 Å². The van der Waals surface area contributed by atoms with Gasteiger partial charge < -0.3 is 19.7 Å². The predicted octanol–water partition coefficient (Wildman–Crippen LogP) is 4.24. The molecule has 1 aliphatic heterocycles. The van der Waals surface area contributed by atoms with Crippen LogP contribution in [0.2, 0.25) is 5.02 Å². The molecule has 1 saturated heterocycles. The Morgan fingerprint density at radius 1 is 1.14 bits per heavy atom. The van der Waals surface area contributed by atoms with E-state index in [4.69, 9.17) is 21.1 Å². The highest BCUT2D eigenvalue weighted by Crippen LogP contribution is 2.36. The monoisotopic (exact) mass is 402 g/mol. The first-order valence-electron chi connectivity index (χ1n) is 9.24. The lowest BCUT2D eigenvalue weighted by atomic mass is 10.1. The molecule has 2 amide bonds. The van der Waals surface area contributed by atoms with Crippen molar-refractivity contribution in [1.29, 1.82) is 0 Å². The maximum absolute atomic E-state index is 12.7. The summed E-state index contributed by atoms with van der Waals surface area (Å²) in [5.74, 6) is 0.423. The largest absolute Gasteiger partial charge is 0.493 e. The molecule has 0 radical (unpaired) electrons. The van der Waals surface area contributed by atoms with Crippen LogP contribution < -0.4 is 14.8 Å². The molecule has 1 fully saturated rings. The average Bonchev–Trinajstić information content (AvgIpc) is 3.23. The van der Waals surface area contributed by atoms with E-state index in [1.54, 1.807) is 30.3 Å². The van der Waals surface area contributed by atoms with Crippen LogP contribution in [-0.4, -0.2) is 43.5 Å². The third-order valence-electron chi connectivity index (χ3n) is 4.54. The first-order valence-corrected chi connectivity index (χ1v) is 9.62. The molecule has 0 aromatic heterocycles. The first kappa shape index (κ1) is 20.0. The van der Waals surface area contributed by atoms with E-state index < -0.39 is 0 Å². The molecular weight excluding hydrogens is 380 g/mol. The molecule has 1 N–H and O–H groups in total. The van der Waals surface area contributed by atoms with Gasteiger partial charge >= 0.3 is 0 Å². The summed E-state index contributed by atoms with van der Waals surface area (Å²) in [4.78, 5) is 27.1. The van der Waals surface area contributed by atoms with Gasteiger partial charge in [-0.15, -0.1) is 0 Å². The van der Waals surface area contributed by atoms with Crippen LogP contribution in [0.4, 0.5) is 5.69 Å². The van der Waals surface area contributed by atoms with Gasteiger partial charge in [0, 0.05) is 29.9 Å². The van der Waals surface area contributed by atoms with E-state index in [1.807, 2.05) is 11.8 Å². The van der Waals surface area contributed by atoms with Crippen LogP contribution in [-0.2, 0) is 0 Å². The van der Waals surface area contributed by atoms with Crippen LogP contribution >= 0.6 is 11.6 Å². The van der Waals surface area contributed by atoms with Crippen molar-refractivity contribution in [2.45, 2.75) is 19.8 Å². The highest BCUT2D eigenvalue weighted by Gasteiger charge is 2.20. The number of methoxy groups -OCH3 is 1. The van der Waals surface area contributed by atoms with Crippen LogP contribution in [0.15, 0.2) is 36.4 Å². The summed E-state index contributed by atoms with van der Waals surface area (Å²) in [6, 6.07) is 10.0. The van der Waals surface area contributed by atoms with Gasteiger partial charge in [-0.25, -0.2) is 0 Å². The summed E-state index contributed by atoms with van der Waals surface area (Å²) in [6.07, 6.45) is 2.06. The smallest absolute Gasteiger partial charge is 0.255 e. The van der Waals surface area contributed by atoms with Gasteiger partial charge in [0.1, 0.15) is 0 Å². The number of hydrogen-bond acceptors (Lipinski definition) is 4. The molecule has 0 aliphatic carbocycles. The molecule has 0 spiro atoms. The Labute approximate surface area is 169 Å². The number of rotatable bonds is 6. The summed E-state index contributed by atoms with van der Waals surface area (Å²) < 4.78 is 10.8. The van der Waals surface area contributed by atoms with E-state index >= 15 is 0 Å². The Kier molecular flexibility index (Phi) is 6.41. The number of nitrogens with zero attached hydrogens (tertiary/aromatic N) is 1. The van der Waals surface area contributed by atoms with Gasteiger partial charge in [0.05, 0.1) is 18.7 Å². The molecule has 7 heteroatoms. The van der Waals surface area contributed by atoms with Crippen molar-refractivity contribution in [2.75, 3.05) is 32.1 Å². The summed E-state index contributed by atoms with van der Waals surface area (Å²) in [5, 5.41) is 3.11. The zero-order valence-corrected chi connectivity index (χ0v) is 16.7. The van der Waals surface area contributed by atoms with E-state index in [-0.39, 0.29) is 11.8 Å². The Morgan fingerprint density at radius 3 is 2.57 bits per heavy atom. The first-order chi connectivity index (χ1) is 13.5. The second-order valence-electron chi connectivity index (χ2n) is 6.46. The molecule has 3 rings (SSSR count). The zero-order chi connectivity index (χ0) is 20.1. The highest BCUT2D eigenvalue weighted by molar-refractivity contribution is 6.32. The molecule has 2 aromatic carbocycles. The van der Waals surface area contributed by atoms with Gasteiger partial charge in [-0.2, -0.15) is 0 Å². The summed E-state index contributed by atoms with van der Waals surface area (Å²) >= 11 is 6.24. The molecule has 1 heterocycles. The summed E-state index contributed by atoms with van der Waals surface area (Å²) in [5.41, 5.74) is 1.43. The number of ether oxygens (including phenoxy) is 2. The van der Waals surface area contributed by atoms with Crippen LogP contribution in [0.3, 0.4) is 0 Å². The van der Waals surface area contributed by atoms with E-state index in [2.05, 4.69) is 5.32 Å². The van der Waals surface area contributed by atoms with Gasteiger partial charge in [0.2, 0.25) is 0 Å². The lowest BCUT2D eigenvalue weighted by Crippen LogP contribution is -2.27. The van der Waals surface area contributed by atoms with Crippen molar-refractivity contribution >= 4 is 29.1 Å². The van der Waals surface area contributed by atoms with E-state index in [9.17, 15) is 9.59 Å². The van der Waals surface area contributed by atoms with Crippen LogP contribution in [0.5, 0.6) is 11.5 Å². The maximum Gasteiger partial charge on any atom is 0.255 e. The molecule has 0 bridgehead atoms. The number of amides is 2. The topological polar surface area (TPSA) is 67.9 Å². The minimum atomic E-state index is -0.353. The van der Waals surface area contributed by atoms with Crippen molar-refractivity contribution in [3.63, 3.8) is 0 Å². The predicted molar refractivity (Wildman–Crippen MR) is 109 cm³/mol. The standard InChI is InChI=1S/C21H23ClN2O4/c1-3-28-19-17(22)12-15(13-18(19)27-2)20(25)23-16-8-6-7-14(11-16)21(26)24-9-4-5-10-24/h6-8,11-13H,3-5,9-10H2,1-2H3,(H,23,25). The van der Waals surface area contributed by atoms with Gasteiger partial charge in [0.25, 0.3) is 11.8 Å². The van der Waals surface area contributed by atoms with Crippen LogP contribution in [0.25, 0.3) is 0 Å². The average molecular weight is 403 g/mol. The second kappa shape index (κ2) is 8.97. The molecular formula is C21H23ClN2O4. The van der Waals surface area contributed by atoms with Crippen molar-refractivity contribution < 1.29 is 19.1 Å². The molecule has 1 aliphatic rings. The number of carbonyl (C=O) groups is 2. The molecule has 148 valence electrons. The highest BCUT2D eigenvalue weighted by atomic mass is 35.5. The van der Waals surface area contributed by atoms with Crippen molar-refractivity contribution in [3.8, 4) is 11.5 Å². The van der Waals surface area contributed by atoms with Gasteiger partial charge in [-0.1, -0.05) is 17.7 Å². The summed E-state index contributed by atoms with van der Waals surface area (Å²) in [6.45, 7) is 3.83. The molecule has 6 nitrogen and oxygen atoms in total. The quantitative estimate of drug-likeness (QED) is 0.784. The Hall–Kier alpha value is -2.73. The normalized spacial score (nSPS) is 13.3. The second-order valence-corrected chi connectivity index (χ2v) is 6.86. The fourth-order valence-corrected chi connectivity index (χ4v) is 3.44. The van der Waals surface area contributed by atoms with Crippen molar-refractivity contribution in [3.05, 3.63) is 52.5 Å². The third-order valence-corrected chi connectivity index (χ3v) is 4.82. The number of carbonyl (C=O) groups excluding carboxylic acids is 2. The zero-order valence-electron chi connectivity index (χ0n) is 16.0. The SMILES string of the molecule is CCOc1c(Cl)cc(C(=O)Nc2cccc(C(=O)N3CCCC3)c2)cc1OC. The molecule has 0 saturated carbocycles. The summed E-state index contributed by atoms with van der Waals surface area (Å²) in [7, 11) is 1.49. The molecule has 28 heavy (non-hydrogen) atoms. The number of halogens is 1. The fraction of sp³-hybridized carbons (Fsp3) is 0.333. The van der Waals surface area contributed by atoms with Gasteiger partial charge in [-0.05, 0) is 50.1 Å². The number of benzene rings is 2. The Morgan fingerprint density at radius 2 is 1.89 bits per heavy atom. The minimum Gasteiger partial charge on any atom is -0.493 e. The maximum atomic E-state index is 12.7. The van der Waals surface area contributed by atoms with Crippen molar-refractivity contribution in [1.82, 2.24) is 4.90 Å².